The second kappa shape index (κ2) is 6.27. The van der Waals surface area contributed by atoms with E-state index in [1.54, 1.807) is 11.8 Å². The number of aryl methyl sites for hydroxylation is 1. The number of methoxy groups -OCH3 is 1. The standard InChI is InChI=1S/C18H17N5OS/c1-11-8-12(10-24-2)15-16(19)17(25-18(15)20-11)14-9-23(22-21-14)13-6-4-3-5-7-13/h3-9H,10,19H2,1-2H3. The van der Waals surface area contributed by atoms with Crippen LogP contribution in [0.2, 0.25) is 0 Å². The molecule has 0 amide bonds. The van der Waals surface area contributed by atoms with Gasteiger partial charge in [-0.2, -0.15) is 0 Å². The number of aromatic nitrogens is 4. The Labute approximate surface area is 148 Å². The molecule has 0 aliphatic heterocycles. The highest BCUT2D eigenvalue weighted by Crippen LogP contribution is 2.41. The zero-order valence-electron chi connectivity index (χ0n) is 13.9. The molecule has 25 heavy (non-hydrogen) atoms. The summed E-state index contributed by atoms with van der Waals surface area (Å²) in [6.45, 7) is 2.47. The van der Waals surface area contributed by atoms with Gasteiger partial charge in [0.05, 0.1) is 29.1 Å². The van der Waals surface area contributed by atoms with Gasteiger partial charge in [0.1, 0.15) is 10.5 Å². The second-order valence-electron chi connectivity index (χ2n) is 5.76. The third kappa shape index (κ3) is 2.77. The van der Waals surface area contributed by atoms with E-state index >= 15 is 0 Å². The van der Waals surface area contributed by atoms with Gasteiger partial charge in [0.2, 0.25) is 0 Å². The van der Waals surface area contributed by atoms with Crippen LogP contribution in [-0.4, -0.2) is 27.1 Å². The largest absolute Gasteiger partial charge is 0.397 e. The molecule has 0 aliphatic rings. The Kier molecular flexibility index (Phi) is 3.95. The average Bonchev–Trinajstić information content (AvgIpc) is 3.21. The van der Waals surface area contributed by atoms with Gasteiger partial charge in [0.25, 0.3) is 0 Å². The predicted molar refractivity (Wildman–Crippen MR) is 99.8 cm³/mol. The zero-order chi connectivity index (χ0) is 17.4. The van der Waals surface area contributed by atoms with E-state index in [0.29, 0.717) is 12.3 Å². The molecule has 4 rings (SSSR count). The van der Waals surface area contributed by atoms with E-state index in [1.165, 1.54) is 11.3 Å². The van der Waals surface area contributed by atoms with Crippen LogP contribution in [0.3, 0.4) is 0 Å². The minimum Gasteiger partial charge on any atom is -0.397 e. The summed E-state index contributed by atoms with van der Waals surface area (Å²) in [6, 6.07) is 11.9. The molecule has 0 radical (unpaired) electrons. The first-order valence-corrected chi connectivity index (χ1v) is 8.64. The van der Waals surface area contributed by atoms with E-state index in [0.717, 1.165) is 37.7 Å². The first-order chi connectivity index (χ1) is 12.2. The van der Waals surface area contributed by atoms with Gasteiger partial charge < -0.3 is 10.5 Å². The van der Waals surface area contributed by atoms with Crippen molar-refractivity contribution in [1.82, 2.24) is 20.0 Å². The lowest BCUT2D eigenvalue weighted by Crippen LogP contribution is -1.95. The number of hydrogen-bond acceptors (Lipinski definition) is 6. The van der Waals surface area contributed by atoms with Gasteiger partial charge in [-0.3, -0.25) is 0 Å². The lowest BCUT2D eigenvalue weighted by atomic mass is 10.1. The summed E-state index contributed by atoms with van der Waals surface area (Å²) in [5.41, 5.74) is 10.8. The van der Waals surface area contributed by atoms with Crippen molar-refractivity contribution < 1.29 is 4.74 Å². The first kappa shape index (κ1) is 15.7. The molecule has 0 saturated carbocycles. The van der Waals surface area contributed by atoms with Gasteiger partial charge in [0, 0.05) is 18.2 Å². The van der Waals surface area contributed by atoms with E-state index in [-0.39, 0.29) is 0 Å². The summed E-state index contributed by atoms with van der Waals surface area (Å²) in [4.78, 5) is 6.40. The van der Waals surface area contributed by atoms with Crippen molar-refractivity contribution in [3.63, 3.8) is 0 Å². The van der Waals surface area contributed by atoms with Crippen LogP contribution in [0.5, 0.6) is 0 Å². The molecular formula is C18H17N5OS. The number of anilines is 1. The van der Waals surface area contributed by atoms with Crippen molar-refractivity contribution in [2.45, 2.75) is 13.5 Å². The van der Waals surface area contributed by atoms with Crippen molar-refractivity contribution in [3.05, 3.63) is 53.9 Å². The number of para-hydroxylation sites is 1. The summed E-state index contributed by atoms with van der Waals surface area (Å²) in [7, 11) is 1.68. The highest BCUT2D eigenvalue weighted by atomic mass is 32.1. The van der Waals surface area contributed by atoms with Gasteiger partial charge in [-0.1, -0.05) is 23.4 Å². The Morgan fingerprint density at radius 2 is 2.04 bits per heavy atom. The number of hydrogen-bond donors (Lipinski definition) is 1. The number of fused-ring (bicyclic) bond motifs is 1. The number of rotatable bonds is 4. The van der Waals surface area contributed by atoms with E-state index < -0.39 is 0 Å². The Morgan fingerprint density at radius 1 is 1.24 bits per heavy atom. The molecule has 6 nitrogen and oxygen atoms in total. The maximum Gasteiger partial charge on any atom is 0.126 e. The van der Waals surface area contributed by atoms with Crippen LogP contribution in [0.25, 0.3) is 26.5 Å². The SMILES string of the molecule is COCc1cc(C)nc2sc(-c3cn(-c4ccccc4)nn3)c(N)c12. The van der Waals surface area contributed by atoms with Crippen molar-refractivity contribution in [2.75, 3.05) is 12.8 Å². The first-order valence-electron chi connectivity index (χ1n) is 7.83. The lowest BCUT2D eigenvalue weighted by molar-refractivity contribution is 0.186. The van der Waals surface area contributed by atoms with Crippen LogP contribution < -0.4 is 5.73 Å². The molecule has 2 N–H and O–H groups in total. The highest BCUT2D eigenvalue weighted by Gasteiger charge is 2.18. The topological polar surface area (TPSA) is 78.8 Å². The molecule has 0 atom stereocenters. The molecule has 126 valence electrons. The third-order valence-corrected chi connectivity index (χ3v) is 5.08. The minimum atomic E-state index is 0.497. The number of thiophene rings is 1. The fourth-order valence-corrected chi connectivity index (χ4v) is 4.01. The van der Waals surface area contributed by atoms with E-state index in [4.69, 9.17) is 10.5 Å². The molecule has 3 aromatic heterocycles. The number of nitrogens with two attached hydrogens (primary N) is 1. The van der Waals surface area contributed by atoms with Gasteiger partial charge >= 0.3 is 0 Å². The molecule has 0 unspecified atom stereocenters. The van der Waals surface area contributed by atoms with E-state index in [9.17, 15) is 0 Å². The number of benzene rings is 1. The molecule has 7 heteroatoms. The summed E-state index contributed by atoms with van der Waals surface area (Å²) >= 11 is 1.53. The Bertz CT molecular complexity index is 1040. The predicted octanol–water partition coefficient (Wildman–Crippen LogP) is 3.58. The number of nitrogens with zero attached hydrogens (tertiary/aromatic N) is 4. The summed E-state index contributed by atoms with van der Waals surface area (Å²) in [5, 5.41) is 9.47. The quantitative estimate of drug-likeness (QED) is 0.608. The molecule has 0 saturated heterocycles. The smallest absolute Gasteiger partial charge is 0.126 e. The van der Waals surface area contributed by atoms with E-state index in [2.05, 4.69) is 15.3 Å². The second-order valence-corrected chi connectivity index (χ2v) is 6.76. The summed E-state index contributed by atoms with van der Waals surface area (Å²) in [6.07, 6.45) is 1.89. The lowest BCUT2D eigenvalue weighted by Gasteiger charge is -2.04. The minimum absolute atomic E-state index is 0.497. The fraction of sp³-hybridized carbons (Fsp3) is 0.167. The molecule has 3 heterocycles. The highest BCUT2D eigenvalue weighted by molar-refractivity contribution is 7.22. The Morgan fingerprint density at radius 3 is 2.80 bits per heavy atom. The maximum absolute atomic E-state index is 6.44. The molecule has 0 spiro atoms. The monoisotopic (exact) mass is 351 g/mol. The summed E-state index contributed by atoms with van der Waals surface area (Å²) in [5.74, 6) is 0. The summed E-state index contributed by atoms with van der Waals surface area (Å²) < 4.78 is 7.06. The molecule has 4 aromatic rings. The fourth-order valence-electron chi connectivity index (χ4n) is 2.87. The van der Waals surface area contributed by atoms with Gasteiger partial charge in [0.15, 0.2) is 0 Å². The van der Waals surface area contributed by atoms with Crippen molar-refractivity contribution in [1.29, 1.82) is 0 Å². The molecular weight excluding hydrogens is 334 g/mol. The van der Waals surface area contributed by atoms with Crippen LogP contribution in [-0.2, 0) is 11.3 Å². The number of ether oxygens (including phenoxy) is 1. The van der Waals surface area contributed by atoms with Crippen LogP contribution in [0, 0.1) is 6.92 Å². The molecule has 1 aromatic carbocycles. The Balaban J connectivity index is 1.84. The van der Waals surface area contributed by atoms with Crippen molar-refractivity contribution in [2.24, 2.45) is 0 Å². The zero-order valence-corrected chi connectivity index (χ0v) is 14.7. The van der Waals surface area contributed by atoms with Crippen LogP contribution >= 0.6 is 11.3 Å². The average molecular weight is 351 g/mol. The molecule has 0 aliphatic carbocycles. The van der Waals surface area contributed by atoms with Crippen molar-refractivity contribution >= 4 is 27.2 Å². The van der Waals surface area contributed by atoms with Gasteiger partial charge in [-0.25, -0.2) is 9.67 Å². The van der Waals surface area contributed by atoms with Gasteiger partial charge in [-0.15, -0.1) is 16.4 Å². The van der Waals surface area contributed by atoms with Gasteiger partial charge in [-0.05, 0) is 30.7 Å². The van der Waals surface area contributed by atoms with Crippen LogP contribution in [0.15, 0.2) is 42.6 Å². The molecule has 0 fully saturated rings. The van der Waals surface area contributed by atoms with Crippen LogP contribution in [0.4, 0.5) is 5.69 Å². The van der Waals surface area contributed by atoms with Crippen LogP contribution in [0.1, 0.15) is 11.3 Å². The number of pyridine rings is 1. The number of nitrogen functional groups attached to an aromatic ring is 1. The normalized spacial score (nSPS) is 11.3. The maximum atomic E-state index is 6.44. The third-order valence-electron chi connectivity index (χ3n) is 3.96. The molecule has 0 bridgehead atoms. The van der Waals surface area contributed by atoms with E-state index in [1.807, 2.05) is 49.5 Å². The Hall–Kier alpha value is -2.77. The van der Waals surface area contributed by atoms with Crippen molar-refractivity contribution in [3.8, 4) is 16.3 Å².